The molecule has 0 aliphatic carbocycles. The molecule has 0 saturated heterocycles. The Hall–Kier alpha value is -2.04. The molecule has 0 heterocycles. The van der Waals surface area contributed by atoms with Crippen molar-refractivity contribution in [2.24, 2.45) is 0 Å². The number of nitrogen functional groups attached to an aromatic ring is 1. The smallest absolute Gasteiger partial charge is 0.307 e. The summed E-state index contributed by atoms with van der Waals surface area (Å²) in [6.07, 6.45) is 0.385. The second kappa shape index (κ2) is 4.45. The molecule has 0 bridgehead atoms. The number of nitrogens with two attached hydrogens (primary N) is 1. The Bertz CT molecular complexity index is 401. The summed E-state index contributed by atoms with van der Waals surface area (Å²) in [6, 6.07) is 2.90. The Balaban J connectivity index is 3.25. The van der Waals surface area contributed by atoms with Gasteiger partial charge in [-0.3, -0.25) is 9.59 Å². The number of ether oxygens (including phenoxy) is 1. The molecule has 3 N–H and O–H groups in total. The lowest BCUT2D eigenvalue weighted by Crippen LogP contribution is -2.05. The van der Waals surface area contributed by atoms with Crippen LogP contribution in [0.2, 0.25) is 0 Å². The van der Waals surface area contributed by atoms with Gasteiger partial charge in [-0.1, -0.05) is 0 Å². The third-order valence-electron chi connectivity index (χ3n) is 1.90. The van der Waals surface area contributed by atoms with Crippen LogP contribution in [0.15, 0.2) is 12.1 Å². The Kier molecular flexibility index (Phi) is 3.28. The molecule has 5 heteroatoms. The van der Waals surface area contributed by atoms with Crippen molar-refractivity contribution >= 4 is 17.9 Å². The second-order valence-electron chi connectivity index (χ2n) is 2.99. The van der Waals surface area contributed by atoms with Gasteiger partial charge in [-0.05, 0) is 12.1 Å². The average Bonchev–Trinajstić information content (AvgIpc) is 2.16. The molecule has 0 atom stereocenters. The zero-order chi connectivity index (χ0) is 11.4. The van der Waals surface area contributed by atoms with Gasteiger partial charge in [0, 0.05) is 11.1 Å². The van der Waals surface area contributed by atoms with Gasteiger partial charge in [0.05, 0.1) is 19.2 Å². The zero-order valence-corrected chi connectivity index (χ0v) is 8.19. The number of rotatable bonds is 4. The van der Waals surface area contributed by atoms with E-state index < -0.39 is 5.97 Å². The molecule has 0 saturated carbocycles. The van der Waals surface area contributed by atoms with Crippen LogP contribution in [0, 0.1) is 0 Å². The van der Waals surface area contributed by atoms with Crippen LogP contribution in [0.25, 0.3) is 0 Å². The fraction of sp³-hybridized carbons (Fsp3) is 0.200. The molecule has 15 heavy (non-hydrogen) atoms. The third-order valence-corrected chi connectivity index (χ3v) is 1.90. The lowest BCUT2D eigenvalue weighted by molar-refractivity contribution is -0.136. The monoisotopic (exact) mass is 209 g/mol. The molecule has 1 rings (SSSR count). The number of aldehydes is 1. The first-order valence-corrected chi connectivity index (χ1v) is 4.21. The highest BCUT2D eigenvalue weighted by atomic mass is 16.5. The molecule has 80 valence electrons. The molecule has 1 aromatic rings. The van der Waals surface area contributed by atoms with Gasteiger partial charge in [0.2, 0.25) is 0 Å². The SMILES string of the molecule is COc1c(N)cc(C=O)cc1CC(=O)O. The molecule has 1 aromatic carbocycles. The van der Waals surface area contributed by atoms with E-state index >= 15 is 0 Å². The van der Waals surface area contributed by atoms with E-state index in [-0.39, 0.29) is 12.1 Å². The molecule has 0 unspecified atom stereocenters. The molecule has 0 aliphatic heterocycles. The predicted octanol–water partition coefficient (Wildman–Crippen LogP) is 0.717. The van der Waals surface area contributed by atoms with Gasteiger partial charge in [0.15, 0.2) is 0 Å². The van der Waals surface area contributed by atoms with Crippen LogP contribution in [0.1, 0.15) is 15.9 Å². The zero-order valence-electron chi connectivity index (χ0n) is 8.19. The van der Waals surface area contributed by atoms with E-state index in [1.807, 2.05) is 0 Å². The number of anilines is 1. The van der Waals surface area contributed by atoms with Gasteiger partial charge >= 0.3 is 5.97 Å². The van der Waals surface area contributed by atoms with Crippen molar-refractivity contribution in [1.29, 1.82) is 0 Å². The fourth-order valence-electron chi connectivity index (χ4n) is 1.35. The van der Waals surface area contributed by atoms with E-state index in [4.69, 9.17) is 15.6 Å². The van der Waals surface area contributed by atoms with E-state index in [0.29, 0.717) is 23.2 Å². The first-order chi connectivity index (χ1) is 7.08. The molecule has 5 nitrogen and oxygen atoms in total. The van der Waals surface area contributed by atoms with Gasteiger partial charge in [0.1, 0.15) is 12.0 Å². The minimum Gasteiger partial charge on any atom is -0.494 e. The number of methoxy groups -OCH3 is 1. The number of carboxylic acid groups (broad SMARTS) is 1. The van der Waals surface area contributed by atoms with Crippen LogP contribution < -0.4 is 10.5 Å². The molecule has 0 aromatic heterocycles. The number of benzene rings is 1. The topological polar surface area (TPSA) is 89.6 Å². The highest BCUT2D eigenvalue weighted by Gasteiger charge is 2.12. The van der Waals surface area contributed by atoms with Crippen LogP contribution in [-0.4, -0.2) is 24.5 Å². The van der Waals surface area contributed by atoms with Crippen LogP contribution >= 0.6 is 0 Å². The molecular formula is C10H11NO4. The molecule has 0 amide bonds. The Morgan fingerprint density at radius 2 is 2.27 bits per heavy atom. The average molecular weight is 209 g/mol. The van der Waals surface area contributed by atoms with E-state index in [0.717, 1.165) is 0 Å². The molecule has 0 radical (unpaired) electrons. The summed E-state index contributed by atoms with van der Waals surface area (Å²) in [5.41, 5.74) is 6.60. The fourth-order valence-corrected chi connectivity index (χ4v) is 1.35. The minimum absolute atomic E-state index is 0.227. The van der Waals surface area contributed by atoms with Crippen molar-refractivity contribution in [1.82, 2.24) is 0 Å². The highest BCUT2D eigenvalue weighted by Crippen LogP contribution is 2.27. The first-order valence-electron chi connectivity index (χ1n) is 4.21. The van der Waals surface area contributed by atoms with Crippen LogP contribution in [0.3, 0.4) is 0 Å². The van der Waals surface area contributed by atoms with Gasteiger partial charge in [-0.2, -0.15) is 0 Å². The molecule has 0 aliphatic rings. The maximum absolute atomic E-state index is 10.6. The van der Waals surface area contributed by atoms with Gasteiger partial charge < -0.3 is 15.6 Å². The maximum atomic E-state index is 10.6. The largest absolute Gasteiger partial charge is 0.494 e. The number of hydrogen-bond donors (Lipinski definition) is 2. The lowest BCUT2D eigenvalue weighted by atomic mass is 10.1. The lowest BCUT2D eigenvalue weighted by Gasteiger charge is -2.10. The van der Waals surface area contributed by atoms with Crippen LogP contribution in [0.5, 0.6) is 5.75 Å². The number of carbonyl (C=O) groups excluding carboxylic acids is 1. The summed E-state index contributed by atoms with van der Waals surface area (Å²) in [4.78, 5) is 21.1. The van der Waals surface area contributed by atoms with Gasteiger partial charge in [-0.15, -0.1) is 0 Å². The van der Waals surface area contributed by atoms with Gasteiger partial charge in [-0.25, -0.2) is 0 Å². The summed E-state index contributed by atoms with van der Waals surface area (Å²) in [5, 5.41) is 8.66. The molecular weight excluding hydrogens is 198 g/mol. The van der Waals surface area contributed by atoms with Crippen molar-refractivity contribution in [3.63, 3.8) is 0 Å². The standard InChI is InChI=1S/C10H11NO4/c1-15-10-7(4-9(13)14)2-6(5-12)3-8(10)11/h2-3,5H,4,11H2,1H3,(H,13,14). The molecule has 0 fully saturated rings. The van der Waals surface area contributed by atoms with E-state index in [9.17, 15) is 9.59 Å². The van der Waals surface area contributed by atoms with E-state index in [2.05, 4.69) is 0 Å². The van der Waals surface area contributed by atoms with Crippen molar-refractivity contribution in [2.45, 2.75) is 6.42 Å². The maximum Gasteiger partial charge on any atom is 0.307 e. The summed E-state index contributed by atoms with van der Waals surface area (Å²) in [7, 11) is 1.40. The normalized spacial score (nSPS) is 9.67. The van der Waals surface area contributed by atoms with Crippen molar-refractivity contribution in [2.75, 3.05) is 12.8 Å². The number of aliphatic carboxylic acids is 1. The van der Waals surface area contributed by atoms with Crippen molar-refractivity contribution in [3.8, 4) is 5.75 Å². The summed E-state index contributed by atoms with van der Waals surface area (Å²) < 4.78 is 4.97. The Labute approximate surface area is 86.5 Å². The first kappa shape index (κ1) is 11.0. The third kappa shape index (κ3) is 2.46. The van der Waals surface area contributed by atoms with Crippen LogP contribution in [-0.2, 0) is 11.2 Å². The second-order valence-corrected chi connectivity index (χ2v) is 2.99. The van der Waals surface area contributed by atoms with Gasteiger partial charge in [0.25, 0.3) is 0 Å². The van der Waals surface area contributed by atoms with Crippen molar-refractivity contribution < 1.29 is 19.4 Å². The Morgan fingerprint density at radius 1 is 1.60 bits per heavy atom. The number of carbonyl (C=O) groups is 2. The Morgan fingerprint density at radius 3 is 2.73 bits per heavy atom. The van der Waals surface area contributed by atoms with E-state index in [1.54, 1.807) is 0 Å². The summed E-state index contributed by atoms with van der Waals surface area (Å²) >= 11 is 0. The van der Waals surface area contributed by atoms with Crippen LogP contribution in [0.4, 0.5) is 5.69 Å². The predicted molar refractivity (Wildman–Crippen MR) is 54.1 cm³/mol. The van der Waals surface area contributed by atoms with Crippen molar-refractivity contribution in [3.05, 3.63) is 23.3 Å². The number of carboxylic acids is 1. The minimum atomic E-state index is -1.00. The summed E-state index contributed by atoms with van der Waals surface area (Å²) in [6.45, 7) is 0. The van der Waals surface area contributed by atoms with E-state index in [1.165, 1.54) is 19.2 Å². The summed E-state index contributed by atoms with van der Waals surface area (Å²) in [5.74, 6) is -0.696. The quantitative estimate of drug-likeness (QED) is 0.563. The highest BCUT2D eigenvalue weighted by molar-refractivity contribution is 5.81. The molecule has 0 spiro atoms. The number of hydrogen-bond acceptors (Lipinski definition) is 4.